The molecule has 0 amide bonds. The SMILES string of the molecule is COc1ccc(C2=C[C@@H](c3ccccc3F)N(S(=O)(=O)c3ccccc3)N2)cc1OC. The van der Waals surface area contributed by atoms with Crippen molar-refractivity contribution in [2.75, 3.05) is 14.2 Å². The topological polar surface area (TPSA) is 67.9 Å². The Morgan fingerprint density at radius 2 is 1.58 bits per heavy atom. The van der Waals surface area contributed by atoms with Gasteiger partial charge in [-0.15, -0.1) is 4.41 Å². The highest BCUT2D eigenvalue weighted by Gasteiger charge is 2.38. The van der Waals surface area contributed by atoms with Gasteiger partial charge >= 0.3 is 0 Å². The van der Waals surface area contributed by atoms with Gasteiger partial charge in [0.15, 0.2) is 11.5 Å². The van der Waals surface area contributed by atoms with Gasteiger partial charge in [0.2, 0.25) is 0 Å². The number of halogens is 1. The second-order valence-corrected chi connectivity index (χ2v) is 8.66. The Labute approximate surface area is 180 Å². The van der Waals surface area contributed by atoms with E-state index in [0.29, 0.717) is 22.8 Å². The first-order chi connectivity index (χ1) is 15.0. The first-order valence-electron chi connectivity index (χ1n) is 9.50. The Kier molecular flexibility index (Phi) is 5.67. The van der Waals surface area contributed by atoms with Crippen molar-refractivity contribution in [3.05, 3.63) is 95.8 Å². The predicted octanol–water partition coefficient (Wildman–Crippen LogP) is 4.13. The maximum absolute atomic E-state index is 14.6. The number of sulfonamides is 1. The highest BCUT2D eigenvalue weighted by atomic mass is 32.2. The van der Waals surface area contributed by atoms with Crippen LogP contribution in [0.5, 0.6) is 11.5 Å². The largest absolute Gasteiger partial charge is 0.493 e. The van der Waals surface area contributed by atoms with E-state index in [1.165, 1.54) is 32.4 Å². The van der Waals surface area contributed by atoms with E-state index in [-0.39, 0.29) is 10.5 Å². The van der Waals surface area contributed by atoms with Gasteiger partial charge in [0.25, 0.3) is 10.0 Å². The van der Waals surface area contributed by atoms with Gasteiger partial charge in [-0.25, -0.2) is 12.8 Å². The van der Waals surface area contributed by atoms with Crippen LogP contribution in [0.3, 0.4) is 0 Å². The highest BCUT2D eigenvalue weighted by Crippen LogP contribution is 2.38. The van der Waals surface area contributed by atoms with Crippen LogP contribution in [0.2, 0.25) is 0 Å². The molecule has 0 radical (unpaired) electrons. The molecule has 160 valence electrons. The number of ether oxygens (including phenoxy) is 2. The summed E-state index contributed by atoms with van der Waals surface area (Å²) in [4.78, 5) is 0.103. The van der Waals surface area contributed by atoms with E-state index in [2.05, 4.69) is 5.43 Å². The van der Waals surface area contributed by atoms with Crippen molar-refractivity contribution >= 4 is 15.7 Å². The number of rotatable bonds is 6. The van der Waals surface area contributed by atoms with Gasteiger partial charge in [0.1, 0.15) is 5.82 Å². The molecule has 0 aromatic heterocycles. The first kappa shape index (κ1) is 20.9. The molecule has 1 aliphatic heterocycles. The Balaban J connectivity index is 1.81. The molecule has 1 aliphatic rings. The van der Waals surface area contributed by atoms with Crippen LogP contribution in [-0.2, 0) is 10.0 Å². The minimum atomic E-state index is -3.97. The second-order valence-electron chi connectivity index (χ2n) is 6.84. The van der Waals surface area contributed by atoms with Gasteiger partial charge in [-0.05, 0) is 42.5 Å². The molecule has 0 unspecified atom stereocenters. The van der Waals surface area contributed by atoms with Crippen molar-refractivity contribution < 1.29 is 22.3 Å². The molecular weight excluding hydrogens is 419 g/mol. The van der Waals surface area contributed by atoms with Gasteiger partial charge in [0.05, 0.1) is 30.9 Å². The third kappa shape index (κ3) is 3.87. The molecule has 31 heavy (non-hydrogen) atoms. The fourth-order valence-electron chi connectivity index (χ4n) is 3.46. The lowest BCUT2D eigenvalue weighted by molar-refractivity contribution is 0.341. The zero-order valence-electron chi connectivity index (χ0n) is 16.9. The summed E-state index contributed by atoms with van der Waals surface area (Å²) in [7, 11) is -0.920. The molecule has 1 N–H and O–H groups in total. The number of hydrazine groups is 1. The first-order valence-corrected chi connectivity index (χ1v) is 10.9. The predicted molar refractivity (Wildman–Crippen MR) is 115 cm³/mol. The fraction of sp³-hybridized carbons (Fsp3) is 0.130. The van der Waals surface area contributed by atoms with Gasteiger partial charge in [-0.1, -0.05) is 36.4 Å². The van der Waals surface area contributed by atoms with E-state index in [1.807, 2.05) is 0 Å². The lowest BCUT2D eigenvalue weighted by atomic mass is 10.0. The number of nitrogens with zero attached hydrogens (tertiary/aromatic N) is 1. The van der Waals surface area contributed by atoms with Crippen LogP contribution in [-0.4, -0.2) is 27.1 Å². The van der Waals surface area contributed by atoms with Crippen LogP contribution in [0, 0.1) is 5.82 Å². The number of benzene rings is 3. The lowest BCUT2D eigenvalue weighted by Gasteiger charge is -2.25. The number of nitrogens with one attached hydrogen (secondary N) is 1. The third-order valence-electron chi connectivity index (χ3n) is 5.03. The summed E-state index contributed by atoms with van der Waals surface area (Å²) in [5, 5.41) is 0. The van der Waals surface area contributed by atoms with Gasteiger partial charge in [-0.3, -0.25) is 0 Å². The monoisotopic (exact) mass is 440 g/mol. The standard InChI is InChI=1S/C23H21FN2O4S/c1-29-22-13-12-16(14-23(22)30-2)20-15-21(18-10-6-7-11-19(18)24)26(25-20)31(27,28)17-8-4-3-5-9-17/h3-15,21,25H,1-2H3/t21-/m0/s1. The second kappa shape index (κ2) is 8.41. The molecule has 4 rings (SSSR count). The molecule has 0 saturated heterocycles. The molecule has 8 heteroatoms. The van der Waals surface area contributed by atoms with Crippen LogP contribution in [0.4, 0.5) is 4.39 Å². The molecule has 3 aromatic carbocycles. The highest BCUT2D eigenvalue weighted by molar-refractivity contribution is 7.89. The summed E-state index contributed by atoms with van der Waals surface area (Å²) < 4.78 is 53.1. The van der Waals surface area contributed by atoms with Crippen LogP contribution < -0.4 is 14.9 Å². The van der Waals surface area contributed by atoms with Crippen molar-refractivity contribution in [1.82, 2.24) is 9.84 Å². The molecule has 1 atom stereocenters. The van der Waals surface area contributed by atoms with Crippen LogP contribution in [0.25, 0.3) is 5.70 Å². The average molecular weight is 440 g/mol. The van der Waals surface area contributed by atoms with E-state index in [4.69, 9.17) is 9.47 Å². The van der Waals surface area contributed by atoms with Crippen molar-refractivity contribution in [3.63, 3.8) is 0 Å². The molecule has 0 fully saturated rings. The molecule has 0 saturated carbocycles. The smallest absolute Gasteiger partial charge is 0.260 e. The molecular formula is C23H21FN2O4S. The Morgan fingerprint density at radius 1 is 0.903 bits per heavy atom. The minimum absolute atomic E-state index is 0.103. The van der Waals surface area contributed by atoms with Gasteiger partial charge in [-0.2, -0.15) is 0 Å². The van der Waals surface area contributed by atoms with E-state index in [0.717, 1.165) is 4.41 Å². The van der Waals surface area contributed by atoms with Crippen LogP contribution >= 0.6 is 0 Å². The van der Waals surface area contributed by atoms with Crippen molar-refractivity contribution in [3.8, 4) is 11.5 Å². The molecule has 1 heterocycles. The zero-order valence-corrected chi connectivity index (χ0v) is 17.8. The quantitative estimate of drug-likeness (QED) is 0.624. The maximum Gasteiger partial charge on any atom is 0.260 e. The third-order valence-corrected chi connectivity index (χ3v) is 6.73. The molecule has 0 bridgehead atoms. The average Bonchev–Trinajstić information content (AvgIpc) is 3.25. The Bertz CT molecular complexity index is 1230. The summed E-state index contributed by atoms with van der Waals surface area (Å²) in [6.07, 6.45) is 1.68. The van der Waals surface area contributed by atoms with E-state index in [1.54, 1.807) is 60.7 Å². The summed E-state index contributed by atoms with van der Waals surface area (Å²) in [5.74, 6) is 0.547. The Hall–Kier alpha value is -3.36. The maximum atomic E-state index is 14.6. The van der Waals surface area contributed by atoms with Gasteiger partial charge < -0.3 is 14.9 Å². The fourth-order valence-corrected chi connectivity index (χ4v) is 4.88. The van der Waals surface area contributed by atoms with E-state index >= 15 is 0 Å². The number of hydrogen-bond acceptors (Lipinski definition) is 5. The Morgan fingerprint density at radius 3 is 2.26 bits per heavy atom. The summed E-state index contributed by atoms with van der Waals surface area (Å²) in [6.45, 7) is 0. The zero-order chi connectivity index (χ0) is 22.0. The molecule has 6 nitrogen and oxygen atoms in total. The number of methoxy groups -OCH3 is 2. The van der Waals surface area contributed by atoms with E-state index in [9.17, 15) is 12.8 Å². The lowest BCUT2D eigenvalue weighted by Crippen LogP contribution is -2.39. The van der Waals surface area contributed by atoms with Crippen molar-refractivity contribution in [1.29, 1.82) is 0 Å². The number of hydrogen-bond donors (Lipinski definition) is 1. The summed E-state index contributed by atoms with van der Waals surface area (Å²) in [6, 6.07) is 18.5. The minimum Gasteiger partial charge on any atom is -0.493 e. The molecule has 0 spiro atoms. The summed E-state index contributed by atoms with van der Waals surface area (Å²) >= 11 is 0. The normalized spacial score (nSPS) is 16.5. The van der Waals surface area contributed by atoms with Crippen molar-refractivity contribution in [2.45, 2.75) is 10.9 Å². The molecule has 3 aromatic rings. The van der Waals surface area contributed by atoms with Crippen molar-refractivity contribution in [2.24, 2.45) is 0 Å². The summed E-state index contributed by atoms with van der Waals surface area (Å²) in [5.41, 5.74) is 4.37. The van der Waals surface area contributed by atoms with Crippen LogP contribution in [0.15, 0.2) is 83.8 Å². The van der Waals surface area contributed by atoms with Crippen LogP contribution in [0.1, 0.15) is 17.2 Å². The molecule has 0 aliphatic carbocycles. The van der Waals surface area contributed by atoms with E-state index < -0.39 is 21.9 Å². The van der Waals surface area contributed by atoms with Gasteiger partial charge in [0, 0.05) is 11.1 Å².